The normalized spacial score (nSPS) is 13.2. The first-order valence-corrected chi connectivity index (χ1v) is 25.9. The summed E-state index contributed by atoms with van der Waals surface area (Å²) in [5.74, 6) is 0. The molecule has 0 radical (unpaired) electrons. The van der Waals surface area contributed by atoms with Gasteiger partial charge < -0.3 is 0 Å². The first-order chi connectivity index (χ1) is 38.7. The average Bonchev–Trinajstić information content (AvgIpc) is 4.55. The summed E-state index contributed by atoms with van der Waals surface area (Å²) in [6.45, 7) is 0. The van der Waals surface area contributed by atoms with E-state index in [1.807, 2.05) is 0 Å². The lowest BCUT2D eigenvalue weighted by atomic mass is 9.91. The van der Waals surface area contributed by atoms with Gasteiger partial charge in [0.05, 0.1) is 0 Å². The van der Waals surface area contributed by atoms with Crippen LogP contribution < -0.4 is 0 Å². The summed E-state index contributed by atoms with van der Waals surface area (Å²) >= 11 is 0. The molecule has 0 spiro atoms. The highest BCUT2D eigenvalue weighted by Gasteiger charge is 2.32. The van der Waals surface area contributed by atoms with Crippen LogP contribution in [0.25, 0.3) is 99.1 Å². The molecule has 18 rings (SSSR count). The third-order valence-corrected chi connectivity index (χ3v) is 17.2. The summed E-state index contributed by atoms with van der Waals surface area (Å²) in [7, 11) is 3.75. The second kappa shape index (κ2) is 17.8. The van der Waals surface area contributed by atoms with Gasteiger partial charge >= 0.3 is 0 Å². The zero-order valence-corrected chi connectivity index (χ0v) is 43.0. The van der Waals surface area contributed by atoms with Crippen LogP contribution in [0.15, 0.2) is 218 Å². The monoisotopic (exact) mass is 966 g/mol. The molecule has 0 amide bonds. The van der Waals surface area contributed by atoms with E-state index in [4.69, 9.17) is 4.11 Å². The average molecular weight is 967 g/mol. The molecular weight excluding hydrogens is 901 g/mol. The largest absolute Gasteiger partial charge is 0.0776 e. The van der Waals surface area contributed by atoms with Gasteiger partial charge in [0, 0.05) is 4.11 Å². The molecule has 360 valence electrons. The molecule has 75 heavy (non-hydrogen) atoms. The summed E-state index contributed by atoms with van der Waals surface area (Å²) in [6, 6.07) is 80.9. The van der Waals surface area contributed by atoms with Crippen LogP contribution in [0.3, 0.4) is 0 Å². The Hall–Kier alpha value is -8.58. The lowest BCUT2D eigenvalue weighted by Gasteiger charge is -2.12. The van der Waals surface area contributed by atoms with E-state index < -0.39 is 0 Å². The molecule has 0 aromatic heterocycles. The Morgan fingerprint density at radius 1 is 0.200 bits per heavy atom. The molecular formula is C75H60. The highest BCUT2D eigenvalue weighted by atomic mass is 14.4. The van der Waals surface area contributed by atoms with Crippen LogP contribution in [-0.4, -0.2) is 0 Å². The van der Waals surface area contributed by atoms with Gasteiger partial charge in [0.2, 0.25) is 0 Å². The Kier molecular flexibility index (Phi) is 10.2. The zero-order valence-electron chi connectivity index (χ0n) is 46.0. The van der Waals surface area contributed by atoms with Gasteiger partial charge in [-0.2, -0.15) is 0 Å². The number of rotatable bonds is 0. The van der Waals surface area contributed by atoms with E-state index in [0.29, 0.717) is 0 Å². The van der Waals surface area contributed by atoms with Crippen molar-refractivity contribution in [1.29, 1.82) is 0 Å². The van der Waals surface area contributed by atoms with Crippen molar-refractivity contribution in [1.82, 2.24) is 0 Å². The first kappa shape index (κ1) is 42.9. The third-order valence-electron chi connectivity index (χ3n) is 17.2. The standard InChI is InChI=1S/3C24H16.3CH4/c1-4-8-20-15(5-1)9-10-17-13-18-11-12-21-19-7-3-2-6-16(19)14-22(21)24(18)23(17)20;1-3-7-20-15(5-1)9-10-18-14-19-12-11-17-13-16-6-2-4-8-21(16)23(17)24(19)22(18)20;1-3-7-17-15(5-1)9-10-20-21-12-11-19-18-8-4-2-6-16(18)13-22(19)24(21)14-23(17)20;;;/h3*1-12H,13-14H2;3*1H4/i;;;3*1T. The number of fused-ring (bicyclic) bond motifs is 27. The van der Waals surface area contributed by atoms with Gasteiger partial charge in [-0.25, -0.2) is 0 Å². The fourth-order valence-electron chi connectivity index (χ4n) is 14.0. The van der Waals surface area contributed by atoms with Crippen molar-refractivity contribution < 1.29 is 4.11 Å². The van der Waals surface area contributed by atoms with E-state index in [-0.39, 0.29) is 0 Å². The Morgan fingerprint density at radius 2 is 0.547 bits per heavy atom. The van der Waals surface area contributed by atoms with Gasteiger partial charge in [-0.15, -0.1) is 0 Å². The van der Waals surface area contributed by atoms with Gasteiger partial charge in [0.25, 0.3) is 0 Å². The molecule has 0 heteroatoms. The molecule has 0 nitrogen and oxygen atoms in total. The summed E-state index contributed by atoms with van der Waals surface area (Å²) in [5, 5.41) is 8.24. The molecule has 0 atom stereocenters. The number of benzene rings is 12. The predicted molar refractivity (Wildman–Crippen MR) is 321 cm³/mol. The summed E-state index contributed by atoms with van der Waals surface area (Å²) in [6.07, 6.45) is 6.42. The molecule has 12 aromatic rings. The Balaban J connectivity index is 0.000000106. The fourth-order valence-corrected chi connectivity index (χ4v) is 14.0. The van der Waals surface area contributed by atoms with Crippen LogP contribution >= 0.6 is 0 Å². The Labute approximate surface area is 446 Å². The van der Waals surface area contributed by atoms with Crippen LogP contribution in [0, 0.1) is 0 Å². The van der Waals surface area contributed by atoms with Crippen LogP contribution in [0.4, 0.5) is 0 Å². The highest BCUT2D eigenvalue weighted by Crippen LogP contribution is 2.53. The molecule has 0 saturated heterocycles. The van der Waals surface area contributed by atoms with Crippen molar-refractivity contribution in [2.24, 2.45) is 0 Å². The van der Waals surface area contributed by atoms with Gasteiger partial charge in [0.15, 0.2) is 0 Å². The van der Waals surface area contributed by atoms with E-state index in [0.717, 1.165) is 38.5 Å². The minimum Gasteiger partial charge on any atom is -0.0776 e. The summed E-state index contributed by atoms with van der Waals surface area (Å²) < 4.78 is 17.2. The van der Waals surface area contributed by atoms with E-state index in [9.17, 15) is 0 Å². The van der Waals surface area contributed by atoms with Crippen molar-refractivity contribution in [2.75, 3.05) is 0 Å². The topological polar surface area (TPSA) is 0 Å². The molecule has 0 bridgehead atoms. The van der Waals surface area contributed by atoms with Crippen LogP contribution in [0.5, 0.6) is 0 Å². The summed E-state index contributed by atoms with van der Waals surface area (Å²) in [5.41, 5.74) is 35.4. The molecule has 6 aliphatic carbocycles. The molecule has 0 fully saturated rings. The minimum absolute atomic E-state index is 1.06. The van der Waals surface area contributed by atoms with Crippen molar-refractivity contribution in [2.45, 2.75) is 60.7 Å². The highest BCUT2D eigenvalue weighted by molar-refractivity contribution is 6.07. The summed E-state index contributed by atoms with van der Waals surface area (Å²) in [4.78, 5) is 0. The van der Waals surface area contributed by atoms with Gasteiger partial charge in [-0.05, 0) is 204 Å². The van der Waals surface area contributed by atoms with Crippen LogP contribution in [0.1, 0.15) is 93.1 Å². The molecule has 6 aliphatic rings. The molecule has 0 heterocycles. The zero-order chi connectivity index (χ0) is 53.0. The quantitative estimate of drug-likeness (QED) is 0.142. The second-order valence-corrected chi connectivity index (χ2v) is 20.9. The van der Waals surface area contributed by atoms with E-state index in [1.165, 1.54) is 177 Å². The second-order valence-electron chi connectivity index (χ2n) is 20.9. The first-order valence-electron chi connectivity index (χ1n) is 28.9. The number of hydrogen-bond donors (Lipinski definition) is 0. The predicted octanol–water partition coefficient (Wildman–Crippen LogP) is 19.9. The molecule has 0 unspecified atom stereocenters. The third kappa shape index (κ3) is 6.89. The van der Waals surface area contributed by atoms with E-state index in [1.54, 1.807) is 11.1 Å². The molecule has 0 N–H and O–H groups in total. The fraction of sp³-hybridized carbons (Fsp3) is 0.120. The van der Waals surface area contributed by atoms with Crippen molar-refractivity contribution in [3.63, 3.8) is 0 Å². The lowest BCUT2D eigenvalue weighted by Crippen LogP contribution is -1.91. The van der Waals surface area contributed by atoms with Crippen LogP contribution in [0.2, 0.25) is 0 Å². The maximum absolute atomic E-state index is 5.75. The maximum atomic E-state index is 5.75. The van der Waals surface area contributed by atoms with Gasteiger partial charge in [-0.3, -0.25) is 0 Å². The minimum atomic E-state index is 1.06. The SMILES string of the molecule is [3H]C.[3H]C.[3H]C.c1ccc2c(c1)Cc1c-2ccc2c1-c1c(ccc3ccccc13)C2.c1ccc2c(c1)Cc1c-2ccc2c1Cc1c-2ccc2ccccc12.c1ccc2c(c1)Cc1ccc3c(c1-2)-c1c(ccc2ccccc12)C3. The maximum Gasteiger partial charge on any atom is 0.0194 e. The van der Waals surface area contributed by atoms with E-state index >= 15 is 0 Å². The lowest BCUT2D eigenvalue weighted by molar-refractivity contribution is 1.17. The molecule has 0 saturated carbocycles. The van der Waals surface area contributed by atoms with Crippen molar-refractivity contribution in [3.8, 4) is 66.8 Å². The molecule has 0 aliphatic heterocycles. The van der Waals surface area contributed by atoms with Crippen LogP contribution in [-0.2, 0) is 38.5 Å². The van der Waals surface area contributed by atoms with Gasteiger partial charge in [0.1, 0.15) is 0 Å². The Morgan fingerprint density at radius 3 is 1.19 bits per heavy atom. The van der Waals surface area contributed by atoms with E-state index in [2.05, 4.69) is 218 Å². The number of hydrogen-bond acceptors (Lipinski definition) is 0. The molecule has 12 aromatic carbocycles. The Bertz CT molecular complexity index is 4350. The van der Waals surface area contributed by atoms with Gasteiger partial charge in [-0.1, -0.05) is 241 Å². The smallest absolute Gasteiger partial charge is 0.0194 e. The van der Waals surface area contributed by atoms with Crippen molar-refractivity contribution >= 4 is 32.3 Å². The van der Waals surface area contributed by atoms with Crippen molar-refractivity contribution in [3.05, 3.63) is 285 Å².